The molecule has 7 heteroatoms. The number of hydrogen-bond donors (Lipinski definition) is 1. The molecule has 138 valence electrons. The Labute approximate surface area is 164 Å². The summed E-state index contributed by atoms with van der Waals surface area (Å²) in [6.45, 7) is 3.94. The largest absolute Gasteiger partial charge is 0.338 e. The first-order valence-corrected chi connectivity index (χ1v) is 9.72. The minimum Gasteiger partial charge on any atom is -0.338 e. The van der Waals surface area contributed by atoms with E-state index >= 15 is 0 Å². The van der Waals surface area contributed by atoms with Crippen molar-refractivity contribution >= 4 is 39.4 Å². The number of halogens is 3. The maximum Gasteiger partial charge on any atom is 0.196 e. The number of aromatic nitrogens is 2. The van der Waals surface area contributed by atoms with Gasteiger partial charge < -0.3 is 5.32 Å². The third-order valence-electron chi connectivity index (χ3n) is 4.46. The predicted molar refractivity (Wildman–Crippen MR) is 107 cm³/mol. The molecule has 0 saturated heterocycles. The lowest BCUT2D eigenvalue weighted by molar-refractivity contribution is 0.589. The Morgan fingerprint density at radius 3 is 2.52 bits per heavy atom. The van der Waals surface area contributed by atoms with Crippen LogP contribution in [-0.4, -0.2) is 9.38 Å². The summed E-state index contributed by atoms with van der Waals surface area (Å²) in [7, 11) is 0. The van der Waals surface area contributed by atoms with Crippen molar-refractivity contribution in [3.05, 3.63) is 69.7 Å². The monoisotopic (exact) mass is 403 g/mol. The highest BCUT2D eigenvalue weighted by molar-refractivity contribution is 7.15. The lowest BCUT2D eigenvalue weighted by Crippen LogP contribution is -2.02. The molecule has 0 aliphatic rings. The first-order valence-electron chi connectivity index (χ1n) is 8.46. The molecule has 0 bridgehead atoms. The van der Waals surface area contributed by atoms with Crippen LogP contribution in [0.2, 0.25) is 5.02 Å². The van der Waals surface area contributed by atoms with E-state index in [1.165, 1.54) is 29.5 Å². The summed E-state index contributed by atoms with van der Waals surface area (Å²) in [4.78, 5) is 5.19. The molecule has 0 atom stereocenters. The number of hydrogen-bond acceptors (Lipinski definition) is 3. The van der Waals surface area contributed by atoms with Crippen LogP contribution in [0.3, 0.4) is 0 Å². The van der Waals surface area contributed by atoms with E-state index in [0.29, 0.717) is 21.5 Å². The number of thiazole rings is 1. The van der Waals surface area contributed by atoms with Gasteiger partial charge in [0.15, 0.2) is 4.96 Å². The summed E-state index contributed by atoms with van der Waals surface area (Å²) in [6.07, 6.45) is 0.756. The minimum absolute atomic E-state index is 0.150. The maximum atomic E-state index is 14.5. The van der Waals surface area contributed by atoms with Crippen LogP contribution in [0.15, 0.2) is 41.8 Å². The number of rotatable bonds is 4. The van der Waals surface area contributed by atoms with Crippen LogP contribution < -0.4 is 5.32 Å². The van der Waals surface area contributed by atoms with Crippen LogP contribution in [0, 0.1) is 18.6 Å². The standard InChI is InChI=1S/C20H16ClF2N3S/c1-3-12-10-27-20-25-18(16-14(22)8-5-9-15(16)23)19(26(12)20)24-17-11(2)6-4-7-13(17)21/h4-10,24H,3H2,1-2H3. The Kier molecular flexibility index (Phi) is 4.61. The number of benzene rings is 2. The minimum atomic E-state index is -0.655. The van der Waals surface area contributed by atoms with Gasteiger partial charge in [0.05, 0.1) is 16.3 Å². The first kappa shape index (κ1) is 17.9. The van der Waals surface area contributed by atoms with Gasteiger partial charge in [-0.05, 0) is 37.1 Å². The Hall–Kier alpha value is -2.44. The van der Waals surface area contributed by atoms with E-state index in [9.17, 15) is 8.78 Å². The van der Waals surface area contributed by atoms with Crippen molar-refractivity contribution in [2.45, 2.75) is 20.3 Å². The zero-order valence-corrected chi connectivity index (χ0v) is 16.3. The van der Waals surface area contributed by atoms with Crippen molar-refractivity contribution in [1.82, 2.24) is 9.38 Å². The topological polar surface area (TPSA) is 29.3 Å². The third-order valence-corrected chi connectivity index (χ3v) is 5.65. The highest BCUT2D eigenvalue weighted by Gasteiger charge is 2.23. The second-order valence-electron chi connectivity index (χ2n) is 6.16. The molecule has 0 amide bonds. The van der Waals surface area contributed by atoms with Crippen LogP contribution in [0.5, 0.6) is 0 Å². The van der Waals surface area contributed by atoms with Gasteiger partial charge >= 0.3 is 0 Å². The second kappa shape index (κ2) is 6.94. The van der Waals surface area contributed by atoms with Gasteiger partial charge in [0.2, 0.25) is 0 Å². The van der Waals surface area contributed by atoms with Gasteiger partial charge in [0, 0.05) is 11.1 Å². The lowest BCUT2D eigenvalue weighted by atomic mass is 10.1. The molecule has 2 aromatic heterocycles. The molecule has 0 unspecified atom stereocenters. The molecule has 0 saturated carbocycles. The van der Waals surface area contributed by atoms with Gasteiger partial charge in [-0.15, -0.1) is 11.3 Å². The van der Waals surface area contributed by atoms with E-state index in [1.807, 2.05) is 35.8 Å². The SMILES string of the molecule is CCc1csc2nc(-c3c(F)cccc3F)c(Nc3c(C)cccc3Cl)n12. The van der Waals surface area contributed by atoms with Crippen molar-refractivity contribution in [1.29, 1.82) is 0 Å². The Morgan fingerprint density at radius 1 is 1.15 bits per heavy atom. The van der Waals surface area contributed by atoms with Crippen LogP contribution in [0.4, 0.5) is 20.3 Å². The first-order chi connectivity index (χ1) is 13.0. The summed E-state index contributed by atoms with van der Waals surface area (Å²) in [6, 6.07) is 9.36. The molecule has 0 spiro atoms. The van der Waals surface area contributed by atoms with Crippen molar-refractivity contribution in [2.75, 3.05) is 5.32 Å². The van der Waals surface area contributed by atoms with Crippen LogP contribution >= 0.6 is 22.9 Å². The van der Waals surface area contributed by atoms with Gasteiger partial charge in [0.25, 0.3) is 0 Å². The van der Waals surface area contributed by atoms with E-state index in [-0.39, 0.29) is 11.3 Å². The molecule has 1 N–H and O–H groups in total. The molecular weight excluding hydrogens is 388 g/mol. The number of aryl methyl sites for hydroxylation is 2. The number of fused-ring (bicyclic) bond motifs is 1. The highest BCUT2D eigenvalue weighted by Crippen LogP contribution is 2.38. The predicted octanol–water partition coefficient (Wildman–Crippen LogP) is 6.61. The number of nitrogens with one attached hydrogen (secondary N) is 1. The second-order valence-corrected chi connectivity index (χ2v) is 7.40. The fraction of sp³-hybridized carbons (Fsp3) is 0.150. The molecule has 27 heavy (non-hydrogen) atoms. The summed E-state index contributed by atoms with van der Waals surface area (Å²) in [5.41, 5.74) is 2.68. The Balaban J connectivity index is 2.01. The van der Waals surface area contributed by atoms with Gasteiger partial charge in [-0.2, -0.15) is 0 Å². The van der Waals surface area contributed by atoms with Gasteiger partial charge in [-0.3, -0.25) is 4.40 Å². The van der Waals surface area contributed by atoms with Crippen LogP contribution in [0.1, 0.15) is 18.2 Å². The van der Waals surface area contributed by atoms with Crippen molar-refractivity contribution in [3.63, 3.8) is 0 Å². The number of imidazole rings is 1. The van der Waals surface area contributed by atoms with Gasteiger partial charge in [-0.25, -0.2) is 13.8 Å². The molecule has 0 radical (unpaired) electrons. The average Bonchev–Trinajstić information content (AvgIpc) is 3.18. The molecule has 4 aromatic rings. The highest BCUT2D eigenvalue weighted by atomic mass is 35.5. The van der Waals surface area contributed by atoms with E-state index in [0.717, 1.165) is 17.7 Å². The zero-order chi connectivity index (χ0) is 19.1. The smallest absolute Gasteiger partial charge is 0.196 e. The molecule has 3 nitrogen and oxygen atoms in total. The number of nitrogens with zero attached hydrogens (tertiary/aromatic N) is 2. The molecule has 4 rings (SSSR count). The van der Waals surface area contributed by atoms with Crippen LogP contribution in [0.25, 0.3) is 16.2 Å². The fourth-order valence-corrected chi connectivity index (χ4v) is 4.32. The quantitative estimate of drug-likeness (QED) is 0.415. The summed E-state index contributed by atoms with van der Waals surface area (Å²) in [5.74, 6) is -0.807. The summed E-state index contributed by atoms with van der Waals surface area (Å²) >= 11 is 7.80. The molecular formula is C20H16ClF2N3S. The Morgan fingerprint density at radius 2 is 1.85 bits per heavy atom. The number of anilines is 2. The molecule has 0 fully saturated rings. The van der Waals surface area contributed by atoms with Gasteiger partial charge in [0.1, 0.15) is 23.1 Å². The third kappa shape index (κ3) is 2.99. The number of para-hydroxylation sites is 1. The average molecular weight is 404 g/mol. The van der Waals surface area contributed by atoms with E-state index in [2.05, 4.69) is 10.3 Å². The van der Waals surface area contributed by atoms with E-state index in [4.69, 9.17) is 11.6 Å². The molecule has 2 aromatic carbocycles. The van der Waals surface area contributed by atoms with E-state index < -0.39 is 11.6 Å². The van der Waals surface area contributed by atoms with E-state index in [1.54, 1.807) is 6.07 Å². The molecule has 2 heterocycles. The van der Waals surface area contributed by atoms with Crippen molar-refractivity contribution < 1.29 is 8.78 Å². The van der Waals surface area contributed by atoms with Crippen molar-refractivity contribution in [2.24, 2.45) is 0 Å². The molecule has 0 aliphatic carbocycles. The normalized spacial score (nSPS) is 11.3. The maximum absolute atomic E-state index is 14.5. The van der Waals surface area contributed by atoms with Crippen molar-refractivity contribution in [3.8, 4) is 11.3 Å². The molecule has 0 aliphatic heterocycles. The van der Waals surface area contributed by atoms with Gasteiger partial charge in [-0.1, -0.05) is 36.7 Å². The lowest BCUT2D eigenvalue weighted by Gasteiger charge is -2.14. The summed E-state index contributed by atoms with van der Waals surface area (Å²) in [5, 5.41) is 5.81. The summed E-state index contributed by atoms with van der Waals surface area (Å²) < 4.78 is 30.9. The van der Waals surface area contributed by atoms with Crippen LogP contribution in [-0.2, 0) is 6.42 Å². The fourth-order valence-electron chi connectivity index (χ4n) is 3.08. The zero-order valence-electron chi connectivity index (χ0n) is 14.7. The Bertz CT molecular complexity index is 1110.